The third-order valence-electron chi connectivity index (χ3n) is 5.20. The van der Waals surface area contributed by atoms with E-state index in [4.69, 9.17) is 10.5 Å². The second-order valence-corrected chi connectivity index (χ2v) is 7.34. The molecule has 4 rings (SSSR count). The molecule has 2 aromatic heterocycles. The van der Waals surface area contributed by atoms with E-state index < -0.39 is 0 Å². The number of fused-ring (bicyclic) bond motifs is 1. The molecular weight excluding hydrogens is 379 g/mol. The maximum atomic E-state index is 14.1. The molecule has 0 amide bonds. The van der Waals surface area contributed by atoms with Crippen molar-refractivity contribution in [1.82, 2.24) is 9.97 Å². The number of nitrogen functional groups attached to an aromatic ring is 1. The Morgan fingerprint density at radius 1 is 1.03 bits per heavy atom. The first-order valence-corrected chi connectivity index (χ1v) is 9.60. The topological polar surface area (TPSA) is 64.3 Å². The highest BCUT2D eigenvalue weighted by molar-refractivity contribution is 5.85. The highest BCUT2D eigenvalue weighted by atomic mass is 19.1. The van der Waals surface area contributed by atoms with E-state index in [1.807, 2.05) is 43.4 Å². The molecular formula is C24H23FN4O. The Morgan fingerprint density at radius 3 is 2.53 bits per heavy atom. The van der Waals surface area contributed by atoms with Crippen LogP contribution in [0, 0.1) is 12.7 Å². The van der Waals surface area contributed by atoms with Gasteiger partial charge in [-0.15, -0.1) is 0 Å². The third kappa shape index (κ3) is 3.89. The first-order chi connectivity index (χ1) is 14.4. The number of hydrogen-bond donors (Lipinski definition) is 1. The molecule has 0 atom stereocenters. The van der Waals surface area contributed by atoms with Crippen LogP contribution in [0.25, 0.3) is 22.0 Å². The van der Waals surface area contributed by atoms with Gasteiger partial charge in [0.05, 0.1) is 12.6 Å². The van der Waals surface area contributed by atoms with Crippen LogP contribution >= 0.6 is 0 Å². The minimum Gasteiger partial charge on any atom is -0.497 e. The average Bonchev–Trinajstić information content (AvgIpc) is 2.76. The lowest BCUT2D eigenvalue weighted by atomic mass is 10.00. The smallest absolute Gasteiger partial charge is 0.130 e. The highest BCUT2D eigenvalue weighted by Gasteiger charge is 2.11. The Bertz CT molecular complexity index is 1210. The molecule has 2 heterocycles. The molecule has 0 bridgehead atoms. The molecule has 0 aliphatic rings. The van der Waals surface area contributed by atoms with Crippen molar-refractivity contribution in [2.75, 3.05) is 24.8 Å². The normalized spacial score (nSPS) is 10.9. The number of aromatic nitrogens is 2. The quantitative estimate of drug-likeness (QED) is 0.478. The molecule has 30 heavy (non-hydrogen) atoms. The van der Waals surface area contributed by atoms with Crippen LogP contribution in [0.5, 0.6) is 5.75 Å². The molecule has 6 heteroatoms. The highest BCUT2D eigenvalue weighted by Crippen LogP contribution is 2.30. The van der Waals surface area contributed by atoms with Crippen molar-refractivity contribution in [1.29, 1.82) is 0 Å². The van der Waals surface area contributed by atoms with E-state index in [9.17, 15) is 4.39 Å². The molecule has 0 aliphatic heterocycles. The van der Waals surface area contributed by atoms with Crippen LogP contribution in [0.1, 0.15) is 11.1 Å². The Balaban J connectivity index is 1.61. The zero-order valence-corrected chi connectivity index (χ0v) is 17.2. The summed E-state index contributed by atoms with van der Waals surface area (Å²) >= 11 is 0. The number of nitrogens with two attached hydrogens (primary N) is 1. The third-order valence-corrected chi connectivity index (χ3v) is 5.20. The lowest BCUT2D eigenvalue weighted by Gasteiger charge is -2.19. The van der Waals surface area contributed by atoms with Crippen LogP contribution in [0.3, 0.4) is 0 Å². The zero-order valence-electron chi connectivity index (χ0n) is 17.2. The van der Waals surface area contributed by atoms with Crippen molar-refractivity contribution in [2.45, 2.75) is 13.5 Å². The Morgan fingerprint density at radius 2 is 1.80 bits per heavy atom. The van der Waals surface area contributed by atoms with Crippen LogP contribution in [-0.4, -0.2) is 24.1 Å². The summed E-state index contributed by atoms with van der Waals surface area (Å²) in [6.45, 7) is 2.45. The van der Waals surface area contributed by atoms with Crippen LogP contribution in [-0.2, 0) is 6.54 Å². The van der Waals surface area contributed by atoms with E-state index in [0.29, 0.717) is 17.8 Å². The Kier molecular flexibility index (Phi) is 5.23. The molecule has 2 aromatic carbocycles. The van der Waals surface area contributed by atoms with Gasteiger partial charge >= 0.3 is 0 Å². The lowest BCUT2D eigenvalue weighted by molar-refractivity contribution is 0.414. The second-order valence-electron chi connectivity index (χ2n) is 7.34. The molecule has 5 nitrogen and oxygen atoms in total. The molecule has 0 saturated carbocycles. The summed E-state index contributed by atoms with van der Waals surface area (Å²) in [5.74, 6) is 1.34. The van der Waals surface area contributed by atoms with Gasteiger partial charge in [-0.1, -0.05) is 12.1 Å². The number of rotatable bonds is 5. The molecule has 0 spiro atoms. The van der Waals surface area contributed by atoms with Crippen molar-refractivity contribution in [3.8, 4) is 16.9 Å². The SMILES string of the molecule is COc1ccc(CN(C)c2cc3ncc(-c4cc(N)cc(F)c4C)cc3cn2)cc1. The standard InChI is InChI=1S/C24H23FN4O/c1-15-21(9-19(26)10-22(15)25)17-8-18-13-28-24(11-23(18)27-12-17)29(2)14-16-4-6-20(30-3)7-5-16/h4-13H,14,26H2,1-3H3. The fraction of sp³-hybridized carbons (Fsp3) is 0.167. The predicted molar refractivity (Wildman–Crippen MR) is 119 cm³/mol. The van der Waals surface area contributed by atoms with Gasteiger partial charge in [0.2, 0.25) is 0 Å². The average molecular weight is 402 g/mol. The minimum absolute atomic E-state index is 0.321. The van der Waals surface area contributed by atoms with Gasteiger partial charge in [-0.25, -0.2) is 9.37 Å². The van der Waals surface area contributed by atoms with Crippen molar-refractivity contribution < 1.29 is 9.13 Å². The number of hydrogen-bond acceptors (Lipinski definition) is 5. The largest absolute Gasteiger partial charge is 0.497 e. The van der Waals surface area contributed by atoms with E-state index in [1.165, 1.54) is 6.07 Å². The monoisotopic (exact) mass is 402 g/mol. The van der Waals surface area contributed by atoms with E-state index in [1.54, 1.807) is 32.5 Å². The maximum Gasteiger partial charge on any atom is 0.130 e. The number of nitrogens with zero attached hydrogens (tertiary/aromatic N) is 3. The second kappa shape index (κ2) is 7.99. The van der Waals surface area contributed by atoms with Crippen LogP contribution in [0.4, 0.5) is 15.9 Å². The first-order valence-electron chi connectivity index (χ1n) is 9.60. The van der Waals surface area contributed by atoms with Gasteiger partial charge in [-0.05, 0) is 53.9 Å². The van der Waals surface area contributed by atoms with Crippen LogP contribution in [0.2, 0.25) is 0 Å². The van der Waals surface area contributed by atoms with Crippen LogP contribution < -0.4 is 15.4 Å². The Labute approximate surface area is 175 Å². The van der Waals surface area contributed by atoms with Gasteiger partial charge in [0.15, 0.2) is 0 Å². The van der Waals surface area contributed by atoms with Gasteiger partial charge in [0.25, 0.3) is 0 Å². The Hall–Kier alpha value is -3.67. The summed E-state index contributed by atoms with van der Waals surface area (Å²) in [5, 5.41) is 0.885. The summed E-state index contributed by atoms with van der Waals surface area (Å²) in [7, 11) is 3.65. The van der Waals surface area contributed by atoms with Gasteiger partial charge in [-0.3, -0.25) is 4.98 Å². The van der Waals surface area contributed by atoms with E-state index in [-0.39, 0.29) is 5.82 Å². The van der Waals surface area contributed by atoms with E-state index >= 15 is 0 Å². The predicted octanol–water partition coefficient (Wildman–Crippen LogP) is 4.97. The number of methoxy groups -OCH3 is 1. The number of anilines is 2. The first kappa shape index (κ1) is 19.6. The molecule has 0 radical (unpaired) electrons. The number of benzene rings is 2. The molecule has 0 saturated heterocycles. The fourth-order valence-electron chi connectivity index (χ4n) is 3.45. The zero-order chi connectivity index (χ0) is 21.3. The summed E-state index contributed by atoms with van der Waals surface area (Å²) < 4.78 is 19.3. The van der Waals surface area contributed by atoms with Gasteiger partial charge in [-0.2, -0.15) is 0 Å². The van der Waals surface area contributed by atoms with Crippen molar-refractivity contribution >= 4 is 22.4 Å². The summed E-state index contributed by atoms with van der Waals surface area (Å²) in [6.07, 6.45) is 3.54. The van der Waals surface area contributed by atoms with Crippen LogP contribution in [0.15, 0.2) is 60.9 Å². The summed E-state index contributed by atoms with van der Waals surface area (Å²) in [4.78, 5) is 11.2. The lowest BCUT2D eigenvalue weighted by Crippen LogP contribution is -2.17. The van der Waals surface area contributed by atoms with Crippen molar-refractivity contribution in [2.24, 2.45) is 0 Å². The molecule has 152 valence electrons. The fourth-order valence-corrected chi connectivity index (χ4v) is 3.45. The van der Waals surface area contributed by atoms with Gasteiger partial charge in [0, 0.05) is 48.7 Å². The molecule has 4 aromatic rings. The number of halogens is 1. The molecule has 0 unspecified atom stereocenters. The summed E-state index contributed by atoms with van der Waals surface area (Å²) in [5.41, 5.74) is 10.3. The van der Waals surface area contributed by atoms with Gasteiger partial charge < -0.3 is 15.4 Å². The summed E-state index contributed by atoms with van der Waals surface area (Å²) in [6, 6.07) is 15.0. The number of pyridine rings is 2. The minimum atomic E-state index is -0.321. The van der Waals surface area contributed by atoms with E-state index in [0.717, 1.165) is 39.2 Å². The van der Waals surface area contributed by atoms with Crippen molar-refractivity contribution in [3.05, 3.63) is 77.9 Å². The maximum absolute atomic E-state index is 14.1. The number of ether oxygens (including phenoxy) is 1. The molecule has 2 N–H and O–H groups in total. The van der Waals surface area contributed by atoms with E-state index in [2.05, 4.69) is 14.9 Å². The molecule has 0 aliphatic carbocycles. The van der Waals surface area contributed by atoms with Gasteiger partial charge in [0.1, 0.15) is 17.4 Å². The molecule has 0 fully saturated rings. The van der Waals surface area contributed by atoms with Crippen molar-refractivity contribution in [3.63, 3.8) is 0 Å².